The van der Waals surface area contributed by atoms with Crippen molar-refractivity contribution in [2.24, 2.45) is 5.73 Å². The van der Waals surface area contributed by atoms with Crippen molar-refractivity contribution in [1.82, 2.24) is 9.97 Å². The largest absolute Gasteiger partial charge is 0.478 e. The highest BCUT2D eigenvalue weighted by atomic mass is 16.5. The summed E-state index contributed by atoms with van der Waals surface area (Å²) in [5, 5.41) is 2.68. The van der Waals surface area contributed by atoms with Crippen LogP contribution in [-0.2, 0) is 4.79 Å². The molecule has 0 spiro atoms. The van der Waals surface area contributed by atoms with Crippen molar-refractivity contribution in [3.05, 3.63) is 12.3 Å². The molecule has 1 amide bonds. The van der Waals surface area contributed by atoms with E-state index in [-0.39, 0.29) is 6.54 Å². The van der Waals surface area contributed by atoms with Gasteiger partial charge in [0, 0.05) is 12.3 Å². The highest BCUT2D eigenvalue weighted by Gasteiger charge is 2.00. The minimum Gasteiger partial charge on any atom is -0.478 e. The van der Waals surface area contributed by atoms with E-state index >= 15 is 0 Å². The van der Waals surface area contributed by atoms with Gasteiger partial charge in [0.1, 0.15) is 0 Å². The first-order valence-electron chi connectivity index (χ1n) is 4.70. The molecule has 0 unspecified atom stereocenters. The van der Waals surface area contributed by atoms with E-state index in [0.717, 1.165) is 6.42 Å². The van der Waals surface area contributed by atoms with E-state index in [2.05, 4.69) is 15.3 Å². The number of nitrogens with zero attached hydrogens (tertiary/aromatic N) is 2. The van der Waals surface area contributed by atoms with Crippen LogP contribution in [0.15, 0.2) is 12.3 Å². The Morgan fingerprint density at radius 3 is 3.13 bits per heavy atom. The minimum atomic E-state index is -0.460. The average Bonchev–Trinajstić information content (AvgIpc) is 2.24. The smallest absolute Gasteiger partial charge is 0.236 e. The molecule has 1 heterocycles. The van der Waals surface area contributed by atoms with Gasteiger partial charge < -0.3 is 15.8 Å². The van der Waals surface area contributed by atoms with Crippen LogP contribution in [0.1, 0.15) is 13.3 Å². The molecule has 3 N–H and O–H groups in total. The normalized spacial score (nSPS) is 9.67. The fourth-order valence-corrected chi connectivity index (χ4v) is 0.881. The van der Waals surface area contributed by atoms with Gasteiger partial charge in [0.05, 0.1) is 13.2 Å². The predicted octanol–water partition coefficient (Wildman–Crippen LogP) is 0.163. The van der Waals surface area contributed by atoms with Crippen LogP contribution in [-0.4, -0.2) is 29.0 Å². The number of nitrogens with one attached hydrogen (secondary N) is 1. The molecule has 0 saturated carbocycles. The summed E-state index contributed by atoms with van der Waals surface area (Å²) in [6.07, 6.45) is 2.47. The standard InChI is InChI=1S/C9H14N4O2/c1-2-5-15-8-3-4-11-9(13-8)12-6-7(10)14/h3-4H,2,5-6H2,1H3,(H2,10,14)(H,11,12,13). The van der Waals surface area contributed by atoms with Gasteiger partial charge in [-0.15, -0.1) is 0 Å². The molecule has 1 aromatic rings. The highest BCUT2D eigenvalue weighted by Crippen LogP contribution is 2.07. The van der Waals surface area contributed by atoms with E-state index in [0.29, 0.717) is 18.4 Å². The van der Waals surface area contributed by atoms with Crippen molar-refractivity contribution < 1.29 is 9.53 Å². The van der Waals surface area contributed by atoms with Crippen LogP contribution < -0.4 is 15.8 Å². The molecule has 1 aromatic heterocycles. The molecule has 0 aliphatic rings. The Kier molecular flexibility index (Phi) is 4.33. The molecule has 15 heavy (non-hydrogen) atoms. The fraction of sp³-hybridized carbons (Fsp3) is 0.444. The van der Waals surface area contributed by atoms with E-state index < -0.39 is 5.91 Å². The quantitative estimate of drug-likeness (QED) is 0.698. The Bertz CT molecular complexity index is 330. The Balaban J connectivity index is 2.53. The minimum absolute atomic E-state index is 0.0111. The van der Waals surface area contributed by atoms with Crippen LogP contribution in [0.5, 0.6) is 5.88 Å². The number of ether oxygens (including phenoxy) is 1. The number of amides is 1. The van der Waals surface area contributed by atoms with Gasteiger partial charge >= 0.3 is 0 Å². The number of rotatable bonds is 6. The van der Waals surface area contributed by atoms with Gasteiger partial charge in [-0.2, -0.15) is 4.98 Å². The molecule has 0 aliphatic carbocycles. The number of aromatic nitrogens is 2. The van der Waals surface area contributed by atoms with Crippen LogP contribution in [0, 0.1) is 0 Å². The van der Waals surface area contributed by atoms with Gasteiger partial charge in [0.25, 0.3) is 0 Å². The Morgan fingerprint density at radius 1 is 1.67 bits per heavy atom. The topological polar surface area (TPSA) is 90.1 Å². The summed E-state index contributed by atoms with van der Waals surface area (Å²) in [5.74, 6) is 0.361. The molecule has 6 heteroatoms. The van der Waals surface area contributed by atoms with Gasteiger partial charge in [-0.25, -0.2) is 4.98 Å². The first-order valence-corrected chi connectivity index (χ1v) is 4.70. The molecular formula is C9H14N4O2. The zero-order valence-electron chi connectivity index (χ0n) is 8.56. The lowest BCUT2D eigenvalue weighted by atomic mass is 10.5. The number of hydrogen-bond donors (Lipinski definition) is 2. The number of hydrogen-bond acceptors (Lipinski definition) is 5. The lowest BCUT2D eigenvalue weighted by Gasteiger charge is -2.05. The van der Waals surface area contributed by atoms with Crippen molar-refractivity contribution in [2.45, 2.75) is 13.3 Å². The third-order valence-corrected chi connectivity index (χ3v) is 1.50. The number of primary amides is 1. The van der Waals surface area contributed by atoms with Crippen LogP contribution in [0.2, 0.25) is 0 Å². The summed E-state index contributed by atoms with van der Waals surface area (Å²) in [6.45, 7) is 2.62. The van der Waals surface area contributed by atoms with Crippen LogP contribution >= 0.6 is 0 Å². The van der Waals surface area contributed by atoms with Crippen molar-refractivity contribution in [3.8, 4) is 5.88 Å². The second-order valence-corrected chi connectivity index (χ2v) is 2.89. The molecule has 0 bridgehead atoms. The molecule has 0 saturated heterocycles. The fourth-order valence-electron chi connectivity index (χ4n) is 0.881. The summed E-state index contributed by atoms with van der Waals surface area (Å²) in [6, 6.07) is 1.66. The molecule has 0 fully saturated rings. The summed E-state index contributed by atoms with van der Waals surface area (Å²) >= 11 is 0. The Labute approximate surface area is 87.9 Å². The summed E-state index contributed by atoms with van der Waals surface area (Å²) in [7, 11) is 0. The maximum absolute atomic E-state index is 10.5. The van der Waals surface area contributed by atoms with Gasteiger partial charge in [-0.1, -0.05) is 6.92 Å². The van der Waals surface area contributed by atoms with Gasteiger partial charge in [-0.3, -0.25) is 4.79 Å². The van der Waals surface area contributed by atoms with Gasteiger partial charge in [0.15, 0.2) is 0 Å². The SMILES string of the molecule is CCCOc1ccnc(NCC(N)=O)n1. The third kappa shape index (κ3) is 4.26. The van der Waals surface area contributed by atoms with Gasteiger partial charge in [-0.05, 0) is 6.42 Å². The monoisotopic (exact) mass is 210 g/mol. The van der Waals surface area contributed by atoms with Crippen molar-refractivity contribution in [3.63, 3.8) is 0 Å². The lowest BCUT2D eigenvalue weighted by molar-refractivity contribution is -0.116. The summed E-state index contributed by atoms with van der Waals surface area (Å²) < 4.78 is 5.30. The summed E-state index contributed by atoms with van der Waals surface area (Å²) in [5.41, 5.74) is 4.97. The van der Waals surface area contributed by atoms with Crippen LogP contribution in [0.25, 0.3) is 0 Å². The van der Waals surface area contributed by atoms with Crippen molar-refractivity contribution in [1.29, 1.82) is 0 Å². The van der Waals surface area contributed by atoms with E-state index in [1.54, 1.807) is 12.3 Å². The number of carbonyl (C=O) groups is 1. The zero-order chi connectivity index (χ0) is 11.1. The maximum Gasteiger partial charge on any atom is 0.236 e. The third-order valence-electron chi connectivity index (χ3n) is 1.50. The Morgan fingerprint density at radius 2 is 2.47 bits per heavy atom. The molecule has 0 atom stereocenters. The highest BCUT2D eigenvalue weighted by molar-refractivity contribution is 5.78. The van der Waals surface area contributed by atoms with Crippen molar-refractivity contribution >= 4 is 11.9 Å². The second-order valence-electron chi connectivity index (χ2n) is 2.89. The predicted molar refractivity (Wildman–Crippen MR) is 55.5 cm³/mol. The summed E-state index contributed by atoms with van der Waals surface area (Å²) in [4.78, 5) is 18.4. The first kappa shape index (κ1) is 11.2. The van der Waals surface area contributed by atoms with E-state index in [1.165, 1.54) is 0 Å². The van der Waals surface area contributed by atoms with E-state index in [9.17, 15) is 4.79 Å². The molecule has 1 rings (SSSR count). The maximum atomic E-state index is 10.5. The lowest BCUT2D eigenvalue weighted by Crippen LogP contribution is -2.22. The molecule has 82 valence electrons. The molecule has 0 aromatic carbocycles. The Hall–Kier alpha value is -1.85. The number of nitrogens with two attached hydrogens (primary N) is 1. The average molecular weight is 210 g/mol. The van der Waals surface area contributed by atoms with Crippen molar-refractivity contribution in [2.75, 3.05) is 18.5 Å². The number of anilines is 1. The van der Waals surface area contributed by atoms with E-state index in [1.807, 2.05) is 6.92 Å². The van der Waals surface area contributed by atoms with Crippen LogP contribution in [0.3, 0.4) is 0 Å². The molecule has 0 radical (unpaired) electrons. The number of carbonyl (C=O) groups excluding carboxylic acids is 1. The second kappa shape index (κ2) is 5.79. The molecular weight excluding hydrogens is 196 g/mol. The van der Waals surface area contributed by atoms with Crippen LogP contribution in [0.4, 0.5) is 5.95 Å². The molecule has 6 nitrogen and oxygen atoms in total. The van der Waals surface area contributed by atoms with Gasteiger partial charge in [0.2, 0.25) is 17.7 Å². The molecule has 0 aliphatic heterocycles. The zero-order valence-corrected chi connectivity index (χ0v) is 8.56. The van der Waals surface area contributed by atoms with E-state index in [4.69, 9.17) is 10.5 Å². The first-order chi connectivity index (χ1) is 7.22.